The van der Waals surface area contributed by atoms with Gasteiger partial charge in [0.15, 0.2) is 0 Å². The Kier molecular flexibility index (Phi) is 3.37. The van der Waals surface area contributed by atoms with Gasteiger partial charge in [-0.2, -0.15) is 0 Å². The second-order valence-corrected chi connectivity index (χ2v) is 4.36. The van der Waals surface area contributed by atoms with Crippen LogP contribution in [0.15, 0.2) is 22.9 Å². The summed E-state index contributed by atoms with van der Waals surface area (Å²) in [5.74, 6) is 0.827. The van der Waals surface area contributed by atoms with E-state index in [1.54, 1.807) is 12.4 Å². The van der Waals surface area contributed by atoms with E-state index in [0.717, 1.165) is 23.4 Å². The van der Waals surface area contributed by atoms with Crippen molar-refractivity contribution in [1.29, 1.82) is 0 Å². The van der Waals surface area contributed by atoms with Crippen LogP contribution in [0.4, 0.5) is 0 Å². The van der Waals surface area contributed by atoms with Crippen molar-refractivity contribution >= 4 is 15.9 Å². The van der Waals surface area contributed by atoms with Crippen LogP contribution in [-0.4, -0.2) is 24.2 Å². The van der Waals surface area contributed by atoms with Crippen LogP contribution in [0.1, 0.15) is 12.8 Å². The third-order valence-corrected chi connectivity index (χ3v) is 2.73. The van der Waals surface area contributed by atoms with Crippen LogP contribution in [0.2, 0.25) is 0 Å². The summed E-state index contributed by atoms with van der Waals surface area (Å²) in [7, 11) is 0. The second kappa shape index (κ2) is 4.75. The number of ether oxygens (including phenoxy) is 1. The largest absolute Gasteiger partial charge is 0.490 e. The molecule has 0 spiro atoms. The van der Waals surface area contributed by atoms with Crippen LogP contribution in [0, 0.1) is 0 Å². The molecule has 0 bridgehead atoms. The smallest absolute Gasteiger partial charge is 0.138 e. The first kappa shape index (κ1) is 9.93. The Morgan fingerprint density at radius 1 is 1.57 bits per heavy atom. The summed E-state index contributed by atoms with van der Waals surface area (Å²) in [6.07, 6.45) is 5.95. The molecular formula is C10H13BrN2O. The van der Waals surface area contributed by atoms with Gasteiger partial charge in [-0.05, 0) is 41.4 Å². The van der Waals surface area contributed by atoms with Crippen molar-refractivity contribution in [3.63, 3.8) is 0 Å². The van der Waals surface area contributed by atoms with Gasteiger partial charge in [-0.3, -0.25) is 4.98 Å². The summed E-state index contributed by atoms with van der Waals surface area (Å²) in [4.78, 5) is 4.04. The van der Waals surface area contributed by atoms with E-state index in [1.807, 2.05) is 6.07 Å². The summed E-state index contributed by atoms with van der Waals surface area (Å²) in [6.45, 7) is 1.85. The maximum atomic E-state index is 5.62. The fraction of sp³-hybridized carbons (Fsp3) is 0.500. The highest BCUT2D eigenvalue weighted by Crippen LogP contribution is 2.16. The molecule has 0 amide bonds. The number of pyridine rings is 1. The molecule has 76 valence electrons. The molecule has 0 radical (unpaired) electrons. The number of aromatic nitrogens is 1. The van der Waals surface area contributed by atoms with Crippen molar-refractivity contribution in [3.8, 4) is 5.75 Å². The van der Waals surface area contributed by atoms with Gasteiger partial charge in [-0.25, -0.2) is 0 Å². The summed E-state index contributed by atoms with van der Waals surface area (Å²) >= 11 is 3.36. The van der Waals surface area contributed by atoms with Crippen LogP contribution in [0.3, 0.4) is 0 Å². The number of hydrogen-bond acceptors (Lipinski definition) is 3. The van der Waals surface area contributed by atoms with Crippen LogP contribution < -0.4 is 10.1 Å². The van der Waals surface area contributed by atoms with Crippen LogP contribution >= 0.6 is 15.9 Å². The Morgan fingerprint density at radius 2 is 2.50 bits per heavy atom. The number of nitrogens with zero attached hydrogens (tertiary/aromatic N) is 1. The summed E-state index contributed by atoms with van der Waals surface area (Å²) < 4.78 is 6.57. The van der Waals surface area contributed by atoms with E-state index in [-0.39, 0.29) is 0 Å². The molecule has 0 aliphatic carbocycles. The predicted octanol–water partition coefficient (Wildman–Crippen LogP) is 1.97. The molecule has 1 N–H and O–H groups in total. The summed E-state index contributed by atoms with van der Waals surface area (Å²) in [5.41, 5.74) is 0. The Hall–Kier alpha value is -0.610. The number of halogens is 1. The van der Waals surface area contributed by atoms with Crippen molar-refractivity contribution < 1.29 is 4.74 Å². The van der Waals surface area contributed by atoms with Crippen LogP contribution in [0.25, 0.3) is 0 Å². The quantitative estimate of drug-likeness (QED) is 0.898. The second-order valence-electron chi connectivity index (χ2n) is 3.44. The maximum absolute atomic E-state index is 5.62. The molecule has 1 aliphatic heterocycles. The van der Waals surface area contributed by atoms with Gasteiger partial charge in [0.2, 0.25) is 0 Å². The molecule has 0 saturated carbocycles. The van der Waals surface area contributed by atoms with Crippen LogP contribution in [-0.2, 0) is 0 Å². The molecule has 1 atom stereocenters. The van der Waals surface area contributed by atoms with Crippen molar-refractivity contribution in [2.45, 2.75) is 18.9 Å². The topological polar surface area (TPSA) is 34.1 Å². The van der Waals surface area contributed by atoms with Crippen molar-refractivity contribution in [2.75, 3.05) is 13.2 Å². The molecule has 1 aliphatic rings. The average molecular weight is 257 g/mol. The minimum Gasteiger partial charge on any atom is -0.490 e. The number of rotatable bonds is 3. The van der Waals surface area contributed by atoms with Gasteiger partial charge < -0.3 is 10.1 Å². The normalized spacial score (nSPS) is 21.1. The van der Waals surface area contributed by atoms with Crippen molar-refractivity contribution in [2.24, 2.45) is 0 Å². The highest BCUT2D eigenvalue weighted by Gasteiger charge is 2.14. The van der Waals surface area contributed by atoms with Gasteiger partial charge in [-0.15, -0.1) is 0 Å². The summed E-state index contributed by atoms with van der Waals surface area (Å²) in [5, 5.41) is 3.38. The van der Waals surface area contributed by atoms with Crippen molar-refractivity contribution in [3.05, 3.63) is 22.9 Å². The third-order valence-electron chi connectivity index (χ3n) is 2.29. The van der Waals surface area contributed by atoms with E-state index in [9.17, 15) is 0 Å². The zero-order chi connectivity index (χ0) is 9.80. The fourth-order valence-electron chi connectivity index (χ4n) is 1.57. The van der Waals surface area contributed by atoms with E-state index in [1.165, 1.54) is 12.8 Å². The average Bonchev–Trinajstić information content (AvgIpc) is 2.67. The number of hydrogen-bond donors (Lipinski definition) is 1. The van der Waals surface area contributed by atoms with Gasteiger partial charge in [0.1, 0.15) is 12.4 Å². The number of nitrogens with one attached hydrogen (secondary N) is 1. The molecule has 1 saturated heterocycles. The first-order chi connectivity index (χ1) is 6.84. The lowest BCUT2D eigenvalue weighted by atomic mass is 10.2. The Bertz CT molecular complexity index is 300. The summed E-state index contributed by atoms with van der Waals surface area (Å²) in [6, 6.07) is 2.44. The lowest BCUT2D eigenvalue weighted by molar-refractivity contribution is 0.276. The molecule has 1 fully saturated rings. The molecule has 0 aromatic carbocycles. The molecule has 1 aromatic heterocycles. The predicted molar refractivity (Wildman–Crippen MR) is 58.5 cm³/mol. The molecular weight excluding hydrogens is 244 g/mol. The van der Waals surface area contributed by atoms with Gasteiger partial charge >= 0.3 is 0 Å². The van der Waals surface area contributed by atoms with E-state index < -0.39 is 0 Å². The SMILES string of the molecule is Brc1cncc(OC[C@H]2CCCN2)c1. The lowest BCUT2D eigenvalue weighted by Crippen LogP contribution is -2.28. The van der Waals surface area contributed by atoms with E-state index >= 15 is 0 Å². The van der Waals surface area contributed by atoms with Gasteiger partial charge in [0.05, 0.1) is 6.20 Å². The first-order valence-corrected chi connectivity index (χ1v) is 5.60. The maximum Gasteiger partial charge on any atom is 0.138 e. The zero-order valence-electron chi connectivity index (χ0n) is 7.87. The monoisotopic (exact) mass is 256 g/mol. The Balaban J connectivity index is 1.85. The standard InChI is InChI=1S/C10H13BrN2O/c11-8-4-10(6-12-5-8)14-7-9-2-1-3-13-9/h4-6,9,13H,1-3,7H2/t9-/m1/s1. The minimum absolute atomic E-state index is 0.508. The third kappa shape index (κ3) is 2.69. The first-order valence-electron chi connectivity index (χ1n) is 4.81. The zero-order valence-corrected chi connectivity index (χ0v) is 9.46. The van der Waals surface area contributed by atoms with Gasteiger partial charge in [0.25, 0.3) is 0 Å². The Labute approximate surface area is 92.0 Å². The van der Waals surface area contributed by atoms with Gasteiger partial charge in [0, 0.05) is 16.7 Å². The minimum atomic E-state index is 0.508. The molecule has 2 rings (SSSR count). The van der Waals surface area contributed by atoms with E-state index in [0.29, 0.717) is 6.04 Å². The van der Waals surface area contributed by atoms with Crippen LogP contribution in [0.5, 0.6) is 5.75 Å². The highest BCUT2D eigenvalue weighted by molar-refractivity contribution is 9.10. The molecule has 2 heterocycles. The Morgan fingerprint density at radius 3 is 3.21 bits per heavy atom. The molecule has 1 aromatic rings. The molecule has 4 heteroatoms. The fourth-order valence-corrected chi connectivity index (χ4v) is 1.91. The van der Waals surface area contributed by atoms with Gasteiger partial charge in [-0.1, -0.05) is 0 Å². The van der Waals surface area contributed by atoms with Crippen molar-refractivity contribution in [1.82, 2.24) is 10.3 Å². The molecule has 0 unspecified atom stereocenters. The molecule has 3 nitrogen and oxygen atoms in total. The lowest BCUT2D eigenvalue weighted by Gasteiger charge is -2.11. The van der Waals surface area contributed by atoms with E-state index in [4.69, 9.17) is 4.74 Å². The molecule has 14 heavy (non-hydrogen) atoms. The van der Waals surface area contributed by atoms with E-state index in [2.05, 4.69) is 26.2 Å². The highest BCUT2D eigenvalue weighted by atomic mass is 79.9.